The number of hydrogen-bond donors (Lipinski definition) is 2. The van der Waals surface area contributed by atoms with Crippen molar-refractivity contribution in [1.29, 1.82) is 0 Å². The maximum Gasteiger partial charge on any atom is 0.168 e. The first-order valence-corrected chi connectivity index (χ1v) is 6.98. The van der Waals surface area contributed by atoms with Crippen LogP contribution < -0.4 is 11.1 Å². The molecule has 0 bridgehead atoms. The molecule has 2 rings (SSSR count). The third-order valence-electron chi connectivity index (χ3n) is 2.78. The summed E-state index contributed by atoms with van der Waals surface area (Å²) in [4.78, 5) is 5.95. The van der Waals surface area contributed by atoms with Crippen molar-refractivity contribution in [2.45, 2.75) is 0 Å². The summed E-state index contributed by atoms with van der Waals surface area (Å²) in [6, 6.07) is 0.752. The van der Waals surface area contributed by atoms with Gasteiger partial charge in [-0.15, -0.1) is 0 Å². The smallest absolute Gasteiger partial charge is 0.168 e. The highest BCUT2D eigenvalue weighted by molar-refractivity contribution is 7.99. The van der Waals surface area contributed by atoms with Gasteiger partial charge in [0.2, 0.25) is 0 Å². The van der Waals surface area contributed by atoms with Gasteiger partial charge in [0.25, 0.3) is 0 Å². The Morgan fingerprint density at radius 1 is 1.33 bits per heavy atom. The molecule has 3 N–H and O–H groups in total. The van der Waals surface area contributed by atoms with Crippen molar-refractivity contribution in [3.63, 3.8) is 0 Å². The molecule has 4 nitrogen and oxygen atoms in total. The number of nitrogens with two attached hydrogens (primary N) is 1. The van der Waals surface area contributed by atoms with Crippen LogP contribution in [0.1, 0.15) is 0 Å². The van der Waals surface area contributed by atoms with Gasteiger partial charge >= 0.3 is 0 Å². The Morgan fingerprint density at radius 3 is 2.78 bits per heavy atom. The molecule has 100 valence electrons. The third kappa shape index (κ3) is 3.46. The Hall–Kier alpha value is -1.08. The van der Waals surface area contributed by atoms with Gasteiger partial charge in [0.05, 0.1) is 0 Å². The second-order valence-electron chi connectivity index (χ2n) is 4.07. The summed E-state index contributed by atoms with van der Waals surface area (Å²) < 4.78 is 26.3. The summed E-state index contributed by atoms with van der Waals surface area (Å²) in [5.41, 5.74) is 5.30. The number of hydrogen-bond acceptors (Lipinski definition) is 5. The molecule has 0 unspecified atom stereocenters. The van der Waals surface area contributed by atoms with Gasteiger partial charge in [-0.25, -0.2) is 13.8 Å². The molecule has 0 aliphatic carbocycles. The fraction of sp³-hybridized carbons (Fsp3) is 0.545. The molecule has 1 fully saturated rings. The van der Waals surface area contributed by atoms with Crippen LogP contribution in [0.4, 0.5) is 20.4 Å². The minimum absolute atomic E-state index is 0.0142. The van der Waals surface area contributed by atoms with E-state index in [4.69, 9.17) is 5.73 Å². The molecule has 0 spiro atoms. The molecule has 0 amide bonds. The van der Waals surface area contributed by atoms with Gasteiger partial charge in [-0.3, -0.25) is 4.90 Å². The number of nitrogen functional groups attached to an aromatic ring is 1. The molecule has 0 saturated carbocycles. The van der Waals surface area contributed by atoms with E-state index in [1.165, 1.54) is 0 Å². The fourth-order valence-electron chi connectivity index (χ4n) is 1.76. The zero-order valence-corrected chi connectivity index (χ0v) is 10.8. The van der Waals surface area contributed by atoms with Crippen molar-refractivity contribution in [3.8, 4) is 0 Å². The van der Waals surface area contributed by atoms with Crippen molar-refractivity contribution < 1.29 is 8.78 Å². The predicted octanol–water partition coefficient (Wildman–Crippen LogP) is 1.40. The first kappa shape index (κ1) is 13.4. The summed E-state index contributed by atoms with van der Waals surface area (Å²) >= 11 is 1.94. The fourth-order valence-corrected chi connectivity index (χ4v) is 2.74. The average Bonchev–Trinajstić information content (AvgIpc) is 2.37. The predicted molar refractivity (Wildman–Crippen MR) is 70.8 cm³/mol. The van der Waals surface area contributed by atoms with Crippen LogP contribution in [0.5, 0.6) is 0 Å². The highest BCUT2D eigenvalue weighted by atomic mass is 32.2. The Morgan fingerprint density at radius 2 is 2.06 bits per heavy atom. The molecule has 0 atom stereocenters. The monoisotopic (exact) mass is 274 g/mol. The standard InChI is InChI=1S/C11H16F2N4S/c12-8-7-9(13)11(16-10(8)14)15-1-2-17-3-5-18-6-4-17/h7H,1-6H2,(H3,14,15,16). The van der Waals surface area contributed by atoms with Crippen LogP contribution in [0.15, 0.2) is 6.07 Å². The lowest BCUT2D eigenvalue weighted by atomic mass is 10.4. The van der Waals surface area contributed by atoms with Crippen molar-refractivity contribution in [2.24, 2.45) is 0 Å². The van der Waals surface area contributed by atoms with Crippen molar-refractivity contribution in [3.05, 3.63) is 17.7 Å². The van der Waals surface area contributed by atoms with Crippen LogP contribution in [0.3, 0.4) is 0 Å². The van der Waals surface area contributed by atoms with Gasteiger partial charge in [0, 0.05) is 43.8 Å². The minimum atomic E-state index is -0.828. The minimum Gasteiger partial charge on any atom is -0.381 e. The first-order chi connectivity index (χ1) is 8.66. The maximum atomic E-state index is 13.4. The quantitative estimate of drug-likeness (QED) is 0.869. The van der Waals surface area contributed by atoms with Gasteiger partial charge in [0.15, 0.2) is 23.3 Å². The number of aromatic nitrogens is 1. The molecule has 1 aliphatic heterocycles. The largest absolute Gasteiger partial charge is 0.381 e. The van der Waals surface area contributed by atoms with Crippen LogP contribution in [-0.2, 0) is 0 Å². The number of rotatable bonds is 4. The van der Waals surface area contributed by atoms with Crippen molar-refractivity contribution in [1.82, 2.24) is 9.88 Å². The number of halogens is 2. The number of pyridine rings is 1. The van der Waals surface area contributed by atoms with Crippen molar-refractivity contribution >= 4 is 23.4 Å². The maximum absolute atomic E-state index is 13.4. The van der Waals surface area contributed by atoms with E-state index in [0.29, 0.717) is 6.54 Å². The second-order valence-corrected chi connectivity index (χ2v) is 5.29. The van der Waals surface area contributed by atoms with E-state index < -0.39 is 11.6 Å². The molecule has 1 aromatic rings. The van der Waals surface area contributed by atoms with Crippen LogP contribution in [0, 0.1) is 11.6 Å². The Labute approximate surface area is 109 Å². The van der Waals surface area contributed by atoms with Crippen LogP contribution in [-0.4, -0.2) is 47.6 Å². The molecule has 1 aliphatic rings. The summed E-state index contributed by atoms with van der Waals surface area (Å²) in [6.07, 6.45) is 0. The Kier molecular flexibility index (Phi) is 4.60. The van der Waals surface area contributed by atoms with Crippen molar-refractivity contribution in [2.75, 3.05) is 48.7 Å². The average molecular weight is 274 g/mol. The van der Waals surface area contributed by atoms with Gasteiger partial charge in [-0.05, 0) is 0 Å². The van der Waals surface area contributed by atoms with Gasteiger partial charge in [0.1, 0.15) is 0 Å². The van der Waals surface area contributed by atoms with Gasteiger partial charge in [-0.1, -0.05) is 0 Å². The normalized spacial score (nSPS) is 16.8. The molecule has 18 heavy (non-hydrogen) atoms. The van der Waals surface area contributed by atoms with Gasteiger partial charge in [-0.2, -0.15) is 11.8 Å². The lowest BCUT2D eigenvalue weighted by molar-refractivity contribution is 0.314. The lowest BCUT2D eigenvalue weighted by Gasteiger charge is -2.26. The summed E-state index contributed by atoms with van der Waals surface area (Å²) in [7, 11) is 0. The molecular formula is C11H16F2N4S. The van der Waals surface area contributed by atoms with Crippen LogP contribution >= 0.6 is 11.8 Å². The SMILES string of the molecule is Nc1nc(NCCN2CCSCC2)c(F)cc1F. The highest BCUT2D eigenvalue weighted by Gasteiger charge is 2.12. The first-order valence-electron chi connectivity index (χ1n) is 5.82. The van der Waals surface area contributed by atoms with E-state index in [1.807, 2.05) is 11.8 Å². The highest BCUT2D eigenvalue weighted by Crippen LogP contribution is 2.16. The zero-order valence-electron chi connectivity index (χ0n) is 9.96. The van der Waals surface area contributed by atoms with Crippen LogP contribution in [0.2, 0.25) is 0 Å². The third-order valence-corrected chi connectivity index (χ3v) is 3.72. The number of nitrogens with zero attached hydrogens (tertiary/aromatic N) is 2. The van der Waals surface area contributed by atoms with E-state index in [0.717, 1.165) is 37.2 Å². The summed E-state index contributed by atoms with van der Waals surface area (Å²) in [6.45, 7) is 3.49. The Balaban J connectivity index is 1.84. The number of nitrogens with one attached hydrogen (secondary N) is 1. The van der Waals surface area contributed by atoms with E-state index in [9.17, 15) is 8.78 Å². The molecular weight excluding hydrogens is 258 g/mol. The molecule has 2 heterocycles. The second kappa shape index (κ2) is 6.19. The molecule has 1 saturated heterocycles. The van der Waals surface area contributed by atoms with E-state index in [2.05, 4.69) is 15.2 Å². The molecule has 0 aromatic carbocycles. The molecule has 7 heteroatoms. The number of thioether (sulfide) groups is 1. The van der Waals surface area contributed by atoms with E-state index in [1.54, 1.807) is 0 Å². The Bertz CT molecular complexity index is 410. The topological polar surface area (TPSA) is 54.2 Å². The van der Waals surface area contributed by atoms with E-state index in [-0.39, 0.29) is 11.6 Å². The summed E-state index contributed by atoms with van der Waals surface area (Å²) in [5.74, 6) is 0.460. The lowest BCUT2D eigenvalue weighted by Crippen LogP contribution is -2.36. The van der Waals surface area contributed by atoms with Gasteiger partial charge < -0.3 is 11.1 Å². The van der Waals surface area contributed by atoms with Crippen LogP contribution in [0.25, 0.3) is 0 Å². The number of anilines is 2. The zero-order chi connectivity index (χ0) is 13.0. The van der Waals surface area contributed by atoms with E-state index >= 15 is 0 Å². The summed E-state index contributed by atoms with van der Waals surface area (Å²) in [5, 5.41) is 2.85. The molecule has 1 aromatic heterocycles. The molecule has 0 radical (unpaired) electrons.